The number of halogens is 1. The molecule has 21 heavy (non-hydrogen) atoms. The summed E-state index contributed by atoms with van der Waals surface area (Å²) in [5.74, 6) is -2.14. The predicted octanol–water partition coefficient (Wildman–Crippen LogP) is 2.03. The van der Waals surface area contributed by atoms with Crippen molar-refractivity contribution in [3.8, 4) is 0 Å². The minimum atomic E-state index is -4.17. The van der Waals surface area contributed by atoms with E-state index in [-0.39, 0.29) is 11.3 Å². The first-order valence-corrected chi connectivity index (χ1v) is 7.25. The van der Waals surface area contributed by atoms with Crippen molar-refractivity contribution >= 4 is 21.7 Å². The Labute approximate surface area is 120 Å². The number of aromatic carboxylic acids is 1. The van der Waals surface area contributed by atoms with Gasteiger partial charge in [-0.3, -0.25) is 9.71 Å². The van der Waals surface area contributed by atoms with E-state index in [2.05, 4.69) is 9.71 Å². The fourth-order valence-electron chi connectivity index (χ4n) is 1.64. The summed E-state index contributed by atoms with van der Waals surface area (Å²) in [7, 11) is -4.17. The molecule has 6 nitrogen and oxygen atoms in total. The number of aromatic nitrogens is 1. The van der Waals surface area contributed by atoms with E-state index >= 15 is 0 Å². The van der Waals surface area contributed by atoms with Gasteiger partial charge in [-0.15, -0.1) is 0 Å². The fourth-order valence-corrected chi connectivity index (χ4v) is 2.84. The van der Waals surface area contributed by atoms with Crippen LogP contribution in [0.2, 0.25) is 0 Å². The van der Waals surface area contributed by atoms with Crippen LogP contribution in [0.15, 0.2) is 41.6 Å². The lowest BCUT2D eigenvalue weighted by Gasteiger charge is -2.09. The highest BCUT2D eigenvalue weighted by molar-refractivity contribution is 7.92. The zero-order valence-electron chi connectivity index (χ0n) is 10.9. The van der Waals surface area contributed by atoms with E-state index in [0.717, 1.165) is 24.5 Å². The topological polar surface area (TPSA) is 96.4 Å². The number of hydrogen-bond acceptors (Lipinski definition) is 4. The van der Waals surface area contributed by atoms with E-state index in [1.807, 2.05) is 0 Å². The monoisotopic (exact) mass is 310 g/mol. The van der Waals surface area contributed by atoms with Gasteiger partial charge in [-0.05, 0) is 30.7 Å². The third kappa shape index (κ3) is 3.34. The Balaban J connectivity index is 2.40. The molecule has 2 aromatic rings. The zero-order valence-corrected chi connectivity index (χ0v) is 11.7. The van der Waals surface area contributed by atoms with Gasteiger partial charge in [0.1, 0.15) is 10.7 Å². The second-order valence-electron chi connectivity index (χ2n) is 4.31. The van der Waals surface area contributed by atoms with Crippen LogP contribution in [0.25, 0.3) is 0 Å². The molecule has 0 unspecified atom stereocenters. The fraction of sp³-hybridized carbons (Fsp3) is 0.0769. The van der Waals surface area contributed by atoms with Crippen LogP contribution in [-0.4, -0.2) is 24.5 Å². The SMILES string of the molecule is Cc1ccc(F)c(S(=O)(=O)Nc2cncc(C(=O)O)c2)c1. The normalized spacial score (nSPS) is 11.1. The maximum atomic E-state index is 13.6. The average Bonchev–Trinajstić information content (AvgIpc) is 2.41. The van der Waals surface area contributed by atoms with E-state index < -0.39 is 26.7 Å². The molecule has 1 aromatic heterocycles. The number of anilines is 1. The smallest absolute Gasteiger partial charge is 0.337 e. The Bertz CT molecular complexity index is 806. The first kappa shape index (κ1) is 14.9. The highest BCUT2D eigenvalue weighted by Gasteiger charge is 2.20. The molecule has 0 saturated heterocycles. The van der Waals surface area contributed by atoms with Crippen molar-refractivity contribution < 1.29 is 22.7 Å². The van der Waals surface area contributed by atoms with Gasteiger partial charge in [0.2, 0.25) is 0 Å². The number of aryl methyl sites for hydroxylation is 1. The molecule has 8 heteroatoms. The molecule has 0 amide bonds. The molecule has 1 aromatic carbocycles. The Kier molecular flexibility index (Phi) is 3.90. The van der Waals surface area contributed by atoms with E-state index in [1.165, 1.54) is 12.1 Å². The molecule has 0 bridgehead atoms. The molecule has 0 fully saturated rings. The summed E-state index contributed by atoms with van der Waals surface area (Å²) >= 11 is 0. The van der Waals surface area contributed by atoms with Crippen LogP contribution in [0, 0.1) is 12.7 Å². The van der Waals surface area contributed by atoms with Gasteiger partial charge in [0, 0.05) is 6.20 Å². The van der Waals surface area contributed by atoms with Gasteiger partial charge in [-0.2, -0.15) is 0 Å². The van der Waals surface area contributed by atoms with Crippen LogP contribution in [0.1, 0.15) is 15.9 Å². The van der Waals surface area contributed by atoms with Crippen LogP contribution in [0.4, 0.5) is 10.1 Å². The largest absolute Gasteiger partial charge is 0.478 e. The van der Waals surface area contributed by atoms with Gasteiger partial charge in [0.15, 0.2) is 0 Å². The van der Waals surface area contributed by atoms with E-state index in [9.17, 15) is 17.6 Å². The van der Waals surface area contributed by atoms with E-state index in [1.54, 1.807) is 6.92 Å². The van der Waals surface area contributed by atoms with Gasteiger partial charge >= 0.3 is 5.97 Å². The summed E-state index contributed by atoms with van der Waals surface area (Å²) in [5.41, 5.74) is 0.338. The number of nitrogens with one attached hydrogen (secondary N) is 1. The highest BCUT2D eigenvalue weighted by Crippen LogP contribution is 2.20. The number of benzene rings is 1. The number of carboxylic acids is 1. The second-order valence-corrected chi connectivity index (χ2v) is 5.96. The van der Waals surface area contributed by atoms with Crippen molar-refractivity contribution in [1.82, 2.24) is 4.98 Å². The summed E-state index contributed by atoms with van der Waals surface area (Å²) in [6.07, 6.45) is 2.21. The van der Waals surface area contributed by atoms with Crippen molar-refractivity contribution in [2.24, 2.45) is 0 Å². The summed E-state index contributed by atoms with van der Waals surface area (Å²) < 4.78 is 40.0. The maximum Gasteiger partial charge on any atom is 0.337 e. The lowest BCUT2D eigenvalue weighted by atomic mass is 10.2. The summed E-state index contributed by atoms with van der Waals surface area (Å²) in [6.45, 7) is 1.63. The van der Waals surface area contributed by atoms with Gasteiger partial charge in [-0.25, -0.2) is 17.6 Å². The molecule has 0 aliphatic carbocycles. The summed E-state index contributed by atoms with van der Waals surface area (Å²) in [4.78, 5) is 13.9. The van der Waals surface area contributed by atoms with Crippen molar-refractivity contribution in [3.63, 3.8) is 0 Å². The van der Waals surface area contributed by atoms with E-state index in [0.29, 0.717) is 5.56 Å². The Morgan fingerprint density at radius 3 is 2.67 bits per heavy atom. The molecule has 2 rings (SSSR count). The Morgan fingerprint density at radius 2 is 2.00 bits per heavy atom. The molecule has 110 valence electrons. The molecular weight excluding hydrogens is 299 g/mol. The number of nitrogens with zero attached hydrogens (tertiary/aromatic N) is 1. The average molecular weight is 310 g/mol. The predicted molar refractivity (Wildman–Crippen MR) is 73.1 cm³/mol. The minimum absolute atomic E-state index is 0.0594. The van der Waals surface area contributed by atoms with Gasteiger partial charge in [0.05, 0.1) is 17.4 Å². The molecule has 0 aliphatic rings. The first-order valence-electron chi connectivity index (χ1n) is 5.77. The number of carboxylic acid groups (broad SMARTS) is 1. The standard InChI is InChI=1S/C13H11FN2O4S/c1-8-2-3-11(14)12(4-8)21(19,20)16-10-5-9(13(17)18)6-15-7-10/h2-7,16H,1H3,(H,17,18). The number of sulfonamides is 1. The third-order valence-electron chi connectivity index (χ3n) is 2.61. The van der Waals surface area contributed by atoms with Crippen LogP contribution in [-0.2, 0) is 10.0 Å². The molecular formula is C13H11FN2O4S. The summed E-state index contributed by atoms with van der Waals surface area (Å²) in [6, 6.07) is 4.78. The van der Waals surface area contributed by atoms with Crippen molar-refractivity contribution in [3.05, 3.63) is 53.6 Å². The quantitative estimate of drug-likeness (QED) is 0.900. The molecule has 0 aliphatic heterocycles. The highest BCUT2D eigenvalue weighted by atomic mass is 32.2. The number of carbonyl (C=O) groups is 1. The summed E-state index contributed by atoms with van der Waals surface area (Å²) in [5, 5.41) is 8.83. The molecule has 0 saturated carbocycles. The molecule has 2 N–H and O–H groups in total. The molecule has 0 atom stereocenters. The zero-order chi connectivity index (χ0) is 15.6. The van der Waals surface area contributed by atoms with Crippen LogP contribution < -0.4 is 4.72 Å². The molecule has 0 radical (unpaired) electrons. The number of pyridine rings is 1. The third-order valence-corrected chi connectivity index (χ3v) is 4.01. The Hall–Kier alpha value is -2.48. The molecule has 0 spiro atoms. The first-order chi connectivity index (χ1) is 9.79. The van der Waals surface area contributed by atoms with E-state index in [4.69, 9.17) is 5.11 Å². The minimum Gasteiger partial charge on any atom is -0.478 e. The van der Waals surface area contributed by atoms with Crippen LogP contribution >= 0.6 is 0 Å². The van der Waals surface area contributed by atoms with Crippen molar-refractivity contribution in [2.75, 3.05) is 4.72 Å². The van der Waals surface area contributed by atoms with Crippen LogP contribution in [0.5, 0.6) is 0 Å². The van der Waals surface area contributed by atoms with Crippen LogP contribution in [0.3, 0.4) is 0 Å². The van der Waals surface area contributed by atoms with Gasteiger partial charge < -0.3 is 5.11 Å². The number of hydrogen-bond donors (Lipinski definition) is 2. The van der Waals surface area contributed by atoms with Gasteiger partial charge in [-0.1, -0.05) is 6.07 Å². The number of rotatable bonds is 4. The molecule has 1 heterocycles. The maximum absolute atomic E-state index is 13.6. The van der Waals surface area contributed by atoms with Crippen molar-refractivity contribution in [1.29, 1.82) is 0 Å². The lowest BCUT2D eigenvalue weighted by Crippen LogP contribution is -2.15. The Morgan fingerprint density at radius 1 is 1.29 bits per heavy atom. The van der Waals surface area contributed by atoms with Crippen molar-refractivity contribution in [2.45, 2.75) is 11.8 Å². The van der Waals surface area contributed by atoms with Gasteiger partial charge in [0.25, 0.3) is 10.0 Å². The second kappa shape index (κ2) is 5.49. The lowest BCUT2D eigenvalue weighted by molar-refractivity contribution is 0.0696.